The summed E-state index contributed by atoms with van der Waals surface area (Å²) >= 11 is 6.00. The van der Waals surface area contributed by atoms with Gasteiger partial charge in [0, 0.05) is 34.3 Å². The van der Waals surface area contributed by atoms with E-state index in [2.05, 4.69) is 97.2 Å². The Kier molecular flexibility index (Phi) is 11.7. The highest BCUT2D eigenvalue weighted by atomic mass is 35.5. The van der Waals surface area contributed by atoms with E-state index in [1.165, 1.54) is 25.6 Å². The van der Waals surface area contributed by atoms with Crippen LogP contribution in [0.4, 0.5) is 18.9 Å². The molecule has 1 fully saturated rings. The van der Waals surface area contributed by atoms with Crippen LogP contribution in [0.5, 0.6) is 0 Å². The molecule has 1 saturated carbocycles. The zero-order valence-electron chi connectivity index (χ0n) is 26.5. The Balaban J connectivity index is 0.000000523. The average molecular weight is 728 g/mol. The van der Waals surface area contributed by atoms with Gasteiger partial charge in [-0.1, -0.05) is 54.9 Å². The molecule has 1 aromatic heterocycles. The number of fused-ring (bicyclic) bond motifs is 1. The molecule has 0 radical (unpaired) electrons. The van der Waals surface area contributed by atoms with Crippen molar-refractivity contribution in [2.45, 2.75) is 58.7 Å². The highest BCUT2D eigenvalue weighted by Crippen LogP contribution is 2.42. The van der Waals surface area contributed by atoms with Crippen molar-refractivity contribution >= 4 is 55.1 Å². The van der Waals surface area contributed by atoms with Gasteiger partial charge in [0.15, 0.2) is 14.7 Å². The number of benzene rings is 4. The fourth-order valence-corrected chi connectivity index (χ4v) is 8.33. The van der Waals surface area contributed by atoms with Crippen molar-refractivity contribution in [3.63, 3.8) is 0 Å². The van der Waals surface area contributed by atoms with E-state index in [-0.39, 0.29) is 22.7 Å². The number of halogens is 4. The van der Waals surface area contributed by atoms with E-state index >= 15 is 0 Å². The lowest BCUT2D eigenvalue weighted by Gasteiger charge is -2.32. The van der Waals surface area contributed by atoms with Crippen LogP contribution in [0.2, 0.25) is 5.02 Å². The molecule has 4 aromatic carbocycles. The Morgan fingerprint density at radius 2 is 1.41 bits per heavy atom. The average Bonchev–Trinajstić information content (AvgIpc) is 3.09. The molecular weight excluding hydrogens is 693 g/mol. The number of amides is 1. The van der Waals surface area contributed by atoms with Crippen molar-refractivity contribution in [2.75, 3.05) is 5.32 Å². The lowest BCUT2D eigenvalue weighted by Crippen LogP contribution is -2.29. The van der Waals surface area contributed by atoms with Crippen LogP contribution in [0.15, 0.2) is 130 Å². The van der Waals surface area contributed by atoms with E-state index in [1.54, 1.807) is 12.1 Å². The minimum atomic E-state index is -5.84. The van der Waals surface area contributed by atoms with Crippen LogP contribution < -0.4 is 5.32 Å². The van der Waals surface area contributed by atoms with E-state index < -0.39 is 15.6 Å². The minimum absolute atomic E-state index is 0.0360. The van der Waals surface area contributed by atoms with E-state index in [9.17, 15) is 18.0 Å². The second-order valence-electron chi connectivity index (χ2n) is 11.8. The molecular formula is C37H35ClF3N2O4S2+. The molecule has 0 spiro atoms. The minimum Gasteiger partial charge on any atom is -0.326 e. The number of rotatable bonds is 7. The molecule has 1 aliphatic rings. The van der Waals surface area contributed by atoms with E-state index in [0.29, 0.717) is 16.9 Å². The molecule has 6 rings (SSSR count). The molecule has 12 heteroatoms. The summed E-state index contributed by atoms with van der Waals surface area (Å²) in [6.07, 6.45) is 6.20. The number of hydrogen-bond acceptors (Lipinski definition) is 4. The molecule has 0 aliphatic heterocycles. The molecule has 49 heavy (non-hydrogen) atoms. The fourth-order valence-electron chi connectivity index (χ4n) is 6.08. The predicted molar refractivity (Wildman–Crippen MR) is 188 cm³/mol. The summed E-state index contributed by atoms with van der Waals surface area (Å²) in [5, 5.41) is 5.00. The molecule has 1 heterocycles. The Morgan fingerprint density at radius 3 is 1.94 bits per heavy atom. The van der Waals surface area contributed by atoms with Crippen molar-refractivity contribution in [3.05, 3.63) is 126 Å². The number of hydrogen-bond donors (Lipinski definition) is 2. The molecule has 0 unspecified atom stereocenters. The maximum absolute atomic E-state index is 13.0. The fraction of sp³-hybridized carbons (Fsp3) is 0.243. The smallest absolute Gasteiger partial charge is 0.326 e. The van der Waals surface area contributed by atoms with Crippen molar-refractivity contribution in [1.82, 2.24) is 4.98 Å². The molecule has 6 nitrogen and oxygen atoms in total. The van der Waals surface area contributed by atoms with Crippen LogP contribution in [0.25, 0.3) is 10.9 Å². The molecule has 1 amide bonds. The van der Waals surface area contributed by atoms with Crippen LogP contribution in [-0.2, 0) is 25.8 Å². The maximum atomic E-state index is 13.0. The summed E-state index contributed by atoms with van der Waals surface area (Å²) in [7, 11) is -6.04. The number of alkyl halides is 3. The van der Waals surface area contributed by atoms with Crippen LogP contribution >= 0.6 is 11.6 Å². The molecule has 2 N–H and O–H groups in total. The maximum Gasteiger partial charge on any atom is 0.522 e. The Labute approximate surface area is 291 Å². The second kappa shape index (κ2) is 15.8. The molecule has 1 atom stereocenters. The molecule has 5 aromatic rings. The molecule has 1 aliphatic carbocycles. The van der Waals surface area contributed by atoms with Crippen LogP contribution in [0.1, 0.15) is 44.1 Å². The van der Waals surface area contributed by atoms with Gasteiger partial charge in [-0.2, -0.15) is 21.6 Å². The molecule has 0 saturated heterocycles. The van der Waals surface area contributed by atoms with Gasteiger partial charge in [0.25, 0.3) is 0 Å². The third kappa shape index (κ3) is 9.21. The Morgan fingerprint density at radius 1 is 0.857 bits per heavy atom. The Bertz CT molecular complexity index is 1930. The summed E-state index contributed by atoms with van der Waals surface area (Å²) in [6.45, 7) is 2.07. The number of carbonyl (C=O) groups excluding carboxylic acids is 1. The van der Waals surface area contributed by atoms with Gasteiger partial charge < -0.3 is 5.32 Å². The third-order valence-corrected chi connectivity index (χ3v) is 11.7. The SMILES string of the molecule is C[C@@H](C(=O)Nc1ccc(Cl)cc1)C1CCC(c2ccnc3ccc([S+](c4ccccc4)c4ccccc4)cc23)CC1.O=S(=O)(O)C(F)(F)F. The van der Waals surface area contributed by atoms with E-state index in [1.807, 2.05) is 18.3 Å². The number of pyridine rings is 1. The van der Waals surface area contributed by atoms with Crippen LogP contribution in [0.3, 0.4) is 0 Å². The number of nitrogens with zero attached hydrogens (tertiary/aromatic N) is 1. The molecule has 0 bridgehead atoms. The van der Waals surface area contributed by atoms with Crippen molar-refractivity contribution < 1.29 is 30.9 Å². The van der Waals surface area contributed by atoms with Crippen molar-refractivity contribution in [2.24, 2.45) is 11.8 Å². The van der Waals surface area contributed by atoms with Gasteiger partial charge in [-0.25, -0.2) is 0 Å². The van der Waals surface area contributed by atoms with Crippen molar-refractivity contribution in [3.8, 4) is 0 Å². The lowest BCUT2D eigenvalue weighted by molar-refractivity contribution is -0.121. The highest BCUT2D eigenvalue weighted by molar-refractivity contribution is 7.97. The summed E-state index contributed by atoms with van der Waals surface area (Å²) in [5.74, 6) is 0.896. The van der Waals surface area contributed by atoms with Gasteiger partial charge >= 0.3 is 15.6 Å². The Hall–Kier alpha value is -3.90. The second-order valence-corrected chi connectivity index (χ2v) is 15.7. The van der Waals surface area contributed by atoms with Gasteiger partial charge in [0.05, 0.1) is 16.4 Å². The number of carbonyl (C=O) groups is 1. The predicted octanol–water partition coefficient (Wildman–Crippen LogP) is 9.93. The normalized spacial score (nSPS) is 17.2. The van der Waals surface area contributed by atoms with Gasteiger partial charge in [0.1, 0.15) is 0 Å². The van der Waals surface area contributed by atoms with Gasteiger partial charge in [-0.3, -0.25) is 14.3 Å². The standard InChI is InChI=1S/C36H33ClN2OS.CHF3O3S/c1-25(36(40)39-29-18-16-28(37)17-19-29)26-12-14-27(15-13-26)33-22-23-38-35-21-20-32(24-34(33)35)41(30-8-4-2-5-9-30)31-10-6-3-7-11-31;2-1(3,4)8(5,6)7/h2-11,16-27H,12-15H2,1H3;(H,5,6,7)/p+1/t25-,26?,27?;/m1./s1. The molecule has 256 valence electrons. The van der Waals surface area contributed by atoms with Crippen LogP contribution in [0, 0.1) is 11.8 Å². The van der Waals surface area contributed by atoms with Gasteiger partial charge in [-0.15, -0.1) is 0 Å². The van der Waals surface area contributed by atoms with Gasteiger partial charge in [-0.05, 0) is 110 Å². The zero-order valence-corrected chi connectivity index (χ0v) is 28.9. The summed E-state index contributed by atoms with van der Waals surface area (Å²) in [5.41, 5.74) is -2.30. The first-order valence-electron chi connectivity index (χ1n) is 15.6. The van der Waals surface area contributed by atoms with Crippen molar-refractivity contribution in [1.29, 1.82) is 0 Å². The first-order valence-corrected chi connectivity index (χ1v) is 18.7. The van der Waals surface area contributed by atoms with E-state index in [4.69, 9.17) is 29.6 Å². The zero-order chi connectivity index (χ0) is 35.2. The number of anilines is 1. The quantitative estimate of drug-likeness (QED) is 0.0989. The summed E-state index contributed by atoms with van der Waals surface area (Å²) < 4.78 is 57.5. The monoisotopic (exact) mass is 727 g/mol. The van der Waals surface area contributed by atoms with E-state index in [0.717, 1.165) is 36.9 Å². The first-order chi connectivity index (χ1) is 23.3. The summed E-state index contributed by atoms with van der Waals surface area (Å²) in [6, 6.07) is 38.0. The van der Waals surface area contributed by atoms with Crippen LogP contribution in [-0.4, -0.2) is 29.4 Å². The highest BCUT2D eigenvalue weighted by Gasteiger charge is 2.44. The first kappa shape index (κ1) is 36.4. The number of aromatic nitrogens is 1. The van der Waals surface area contributed by atoms with Gasteiger partial charge in [0.2, 0.25) is 5.91 Å². The lowest BCUT2D eigenvalue weighted by atomic mass is 9.73. The number of nitrogens with one attached hydrogen (secondary N) is 1. The summed E-state index contributed by atoms with van der Waals surface area (Å²) in [4.78, 5) is 21.7. The largest absolute Gasteiger partial charge is 0.522 e. The topological polar surface area (TPSA) is 96.4 Å². The third-order valence-electron chi connectivity index (χ3n) is 8.68.